The van der Waals surface area contributed by atoms with Crippen molar-refractivity contribution in [2.75, 3.05) is 18.4 Å². The lowest BCUT2D eigenvalue weighted by Crippen LogP contribution is -2.44. The van der Waals surface area contributed by atoms with Gasteiger partial charge in [0.25, 0.3) is 11.5 Å². The van der Waals surface area contributed by atoms with Crippen LogP contribution in [0.5, 0.6) is 0 Å². The normalized spacial score (nSPS) is 16.1. The Bertz CT molecular complexity index is 1240. The van der Waals surface area contributed by atoms with Gasteiger partial charge in [0.1, 0.15) is 11.6 Å². The zero-order chi connectivity index (χ0) is 23.5. The number of benzene rings is 1. The standard InChI is InChI=1S/C25H30N4O4/c1-4-19-12-20(9-7-16(19)2)26-22-13-23(30)29(25(32)27-22)15-18-6-5-11-28(14-18)24(31)21-10-8-17(3)33-21/h7-10,12-13,18,26H,4-6,11,14-15H2,1-3H3,(H,27,32). The van der Waals surface area contributed by atoms with Gasteiger partial charge in [-0.3, -0.25) is 19.1 Å². The van der Waals surface area contributed by atoms with Crippen LogP contribution in [0.3, 0.4) is 0 Å². The van der Waals surface area contributed by atoms with Crippen molar-refractivity contribution in [2.45, 2.75) is 46.6 Å². The minimum Gasteiger partial charge on any atom is -0.456 e. The van der Waals surface area contributed by atoms with Crippen LogP contribution in [0.1, 0.15) is 47.2 Å². The quantitative estimate of drug-likeness (QED) is 0.598. The summed E-state index contributed by atoms with van der Waals surface area (Å²) in [6.45, 7) is 7.33. The summed E-state index contributed by atoms with van der Waals surface area (Å²) in [5.41, 5.74) is 2.40. The number of aryl methyl sites for hydroxylation is 3. The van der Waals surface area contributed by atoms with E-state index in [1.165, 1.54) is 21.8 Å². The van der Waals surface area contributed by atoms with E-state index in [1.54, 1.807) is 24.0 Å². The fourth-order valence-electron chi connectivity index (χ4n) is 4.41. The Balaban J connectivity index is 1.46. The molecule has 0 aliphatic carbocycles. The highest BCUT2D eigenvalue weighted by molar-refractivity contribution is 5.91. The van der Waals surface area contributed by atoms with Crippen LogP contribution < -0.4 is 16.6 Å². The maximum absolute atomic E-state index is 12.7. The fraction of sp³-hybridized carbons (Fsp3) is 0.400. The van der Waals surface area contributed by atoms with E-state index in [4.69, 9.17) is 4.42 Å². The van der Waals surface area contributed by atoms with Crippen molar-refractivity contribution in [1.29, 1.82) is 0 Å². The molecule has 1 atom stereocenters. The van der Waals surface area contributed by atoms with Gasteiger partial charge in [0.05, 0.1) is 0 Å². The van der Waals surface area contributed by atoms with Gasteiger partial charge in [-0.1, -0.05) is 13.0 Å². The SMILES string of the molecule is CCc1cc(Nc2cc(=O)n(CC3CCCN(C(=O)c4ccc(C)o4)C3)c(=O)[nH]2)ccc1C. The largest absolute Gasteiger partial charge is 0.456 e. The smallest absolute Gasteiger partial charge is 0.329 e. The molecule has 1 aromatic carbocycles. The number of aromatic nitrogens is 2. The van der Waals surface area contributed by atoms with Gasteiger partial charge in [-0.05, 0) is 74.4 Å². The van der Waals surface area contributed by atoms with Gasteiger partial charge in [0.15, 0.2) is 5.76 Å². The Morgan fingerprint density at radius 1 is 1.18 bits per heavy atom. The molecule has 33 heavy (non-hydrogen) atoms. The van der Waals surface area contributed by atoms with Crippen LogP contribution in [0.2, 0.25) is 0 Å². The van der Waals surface area contributed by atoms with Crippen LogP contribution in [-0.2, 0) is 13.0 Å². The highest BCUT2D eigenvalue weighted by Crippen LogP contribution is 2.21. The molecule has 0 bridgehead atoms. The summed E-state index contributed by atoms with van der Waals surface area (Å²) in [6, 6.07) is 10.8. The number of carbonyl (C=O) groups is 1. The average Bonchev–Trinajstić information content (AvgIpc) is 3.23. The lowest BCUT2D eigenvalue weighted by atomic mass is 9.97. The second kappa shape index (κ2) is 9.52. The van der Waals surface area contributed by atoms with Gasteiger partial charge in [-0.25, -0.2) is 4.79 Å². The number of rotatable bonds is 6. The molecule has 2 aromatic heterocycles. The number of carbonyl (C=O) groups excluding carboxylic acids is 1. The van der Waals surface area contributed by atoms with Crippen LogP contribution >= 0.6 is 0 Å². The molecule has 0 saturated carbocycles. The van der Waals surface area contributed by atoms with Crippen molar-refractivity contribution >= 4 is 17.4 Å². The summed E-state index contributed by atoms with van der Waals surface area (Å²) < 4.78 is 6.68. The maximum atomic E-state index is 12.7. The third-order valence-electron chi connectivity index (χ3n) is 6.23. The first kappa shape index (κ1) is 22.6. The molecule has 1 fully saturated rings. The minimum absolute atomic E-state index is 0.0144. The zero-order valence-electron chi connectivity index (χ0n) is 19.3. The number of hydrogen-bond donors (Lipinski definition) is 2. The first-order valence-electron chi connectivity index (χ1n) is 11.4. The fourth-order valence-corrected chi connectivity index (χ4v) is 4.41. The Morgan fingerprint density at radius 3 is 2.70 bits per heavy atom. The number of anilines is 2. The monoisotopic (exact) mass is 450 g/mol. The molecule has 4 rings (SSSR count). The van der Waals surface area contributed by atoms with E-state index in [0.29, 0.717) is 30.4 Å². The third kappa shape index (κ3) is 5.10. The minimum atomic E-state index is -0.460. The highest BCUT2D eigenvalue weighted by Gasteiger charge is 2.27. The van der Waals surface area contributed by atoms with Gasteiger partial charge in [-0.2, -0.15) is 0 Å². The van der Waals surface area contributed by atoms with Crippen LogP contribution in [0, 0.1) is 19.8 Å². The van der Waals surface area contributed by atoms with Gasteiger partial charge in [0.2, 0.25) is 0 Å². The van der Waals surface area contributed by atoms with Crippen LogP contribution in [0.4, 0.5) is 11.5 Å². The Kier molecular flexibility index (Phi) is 6.53. The van der Waals surface area contributed by atoms with E-state index in [1.807, 2.05) is 18.2 Å². The maximum Gasteiger partial charge on any atom is 0.329 e. The van der Waals surface area contributed by atoms with E-state index in [9.17, 15) is 14.4 Å². The Hall–Kier alpha value is -3.55. The van der Waals surface area contributed by atoms with E-state index in [0.717, 1.165) is 24.9 Å². The number of hydrogen-bond acceptors (Lipinski definition) is 5. The number of likely N-dealkylation sites (tertiary alicyclic amines) is 1. The number of nitrogens with one attached hydrogen (secondary N) is 2. The number of furan rings is 1. The lowest BCUT2D eigenvalue weighted by molar-refractivity contribution is 0.0627. The molecule has 8 heteroatoms. The molecular formula is C25H30N4O4. The first-order valence-corrected chi connectivity index (χ1v) is 11.4. The van der Waals surface area contributed by atoms with E-state index >= 15 is 0 Å². The molecule has 3 heterocycles. The molecule has 0 radical (unpaired) electrons. The molecule has 1 saturated heterocycles. The first-order chi connectivity index (χ1) is 15.8. The van der Waals surface area contributed by atoms with Crippen molar-refractivity contribution < 1.29 is 9.21 Å². The molecule has 1 aliphatic rings. The van der Waals surface area contributed by atoms with Crippen LogP contribution in [0.15, 0.2) is 50.4 Å². The Morgan fingerprint density at radius 2 is 2.00 bits per heavy atom. The molecule has 1 aliphatic heterocycles. The van der Waals surface area contributed by atoms with Gasteiger partial charge < -0.3 is 14.6 Å². The van der Waals surface area contributed by atoms with Crippen LogP contribution in [0.25, 0.3) is 0 Å². The molecule has 174 valence electrons. The van der Waals surface area contributed by atoms with Crippen molar-refractivity contribution in [1.82, 2.24) is 14.5 Å². The topological polar surface area (TPSA) is 100 Å². The van der Waals surface area contributed by atoms with Gasteiger partial charge in [-0.15, -0.1) is 0 Å². The summed E-state index contributed by atoms with van der Waals surface area (Å²) in [7, 11) is 0. The van der Waals surface area contributed by atoms with Gasteiger partial charge >= 0.3 is 5.69 Å². The second-order valence-corrected chi connectivity index (χ2v) is 8.73. The number of aromatic amines is 1. The molecule has 8 nitrogen and oxygen atoms in total. The third-order valence-corrected chi connectivity index (χ3v) is 6.23. The van der Waals surface area contributed by atoms with E-state index in [-0.39, 0.29) is 23.9 Å². The van der Waals surface area contributed by atoms with Crippen molar-refractivity contribution in [3.05, 3.63) is 79.9 Å². The number of nitrogens with zero attached hydrogens (tertiary/aromatic N) is 2. The second-order valence-electron chi connectivity index (χ2n) is 8.73. The average molecular weight is 451 g/mol. The van der Waals surface area contributed by atoms with Crippen LogP contribution in [-0.4, -0.2) is 33.4 Å². The summed E-state index contributed by atoms with van der Waals surface area (Å²) >= 11 is 0. The van der Waals surface area contributed by atoms with Crippen molar-refractivity contribution in [3.8, 4) is 0 Å². The molecule has 2 N–H and O–H groups in total. The Labute approximate surface area is 192 Å². The van der Waals surface area contributed by atoms with E-state index in [2.05, 4.69) is 24.1 Å². The van der Waals surface area contributed by atoms with Crippen molar-refractivity contribution in [2.24, 2.45) is 5.92 Å². The number of amides is 1. The zero-order valence-corrected chi connectivity index (χ0v) is 19.3. The predicted octanol–water partition coefficient (Wildman–Crippen LogP) is 3.60. The molecular weight excluding hydrogens is 420 g/mol. The molecule has 3 aromatic rings. The lowest BCUT2D eigenvalue weighted by Gasteiger charge is -2.32. The highest BCUT2D eigenvalue weighted by atomic mass is 16.3. The van der Waals surface area contributed by atoms with Crippen molar-refractivity contribution in [3.63, 3.8) is 0 Å². The summed E-state index contributed by atoms with van der Waals surface area (Å²) in [5.74, 6) is 1.23. The summed E-state index contributed by atoms with van der Waals surface area (Å²) in [5, 5.41) is 3.13. The van der Waals surface area contributed by atoms with Gasteiger partial charge in [0, 0.05) is 31.4 Å². The summed E-state index contributed by atoms with van der Waals surface area (Å²) in [6.07, 6.45) is 2.56. The number of H-pyrrole nitrogens is 1. The molecule has 1 unspecified atom stereocenters. The van der Waals surface area contributed by atoms with E-state index < -0.39 is 5.69 Å². The number of piperidine rings is 1. The predicted molar refractivity (Wildman–Crippen MR) is 127 cm³/mol. The molecule has 1 amide bonds. The molecule has 0 spiro atoms. The summed E-state index contributed by atoms with van der Waals surface area (Å²) in [4.78, 5) is 42.7.